The summed E-state index contributed by atoms with van der Waals surface area (Å²) in [4.78, 5) is 14.7. The third-order valence-electron chi connectivity index (χ3n) is 7.99. The molecule has 3 aromatic heterocycles. The van der Waals surface area contributed by atoms with E-state index >= 15 is 0 Å². The average molecular weight is 470 g/mol. The second-order valence-corrected chi connectivity index (χ2v) is 10.3. The van der Waals surface area contributed by atoms with Gasteiger partial charge in [0.1, 0.15) is 12.4 Å². The van der Waals surface area contributed by atoms with Gasteiger partial charge in [0.25, 0.3) is 0 Å². The van der Waals surface area contributed by atoms with E-state index in [1.165, 1.54) is 19.3 Å². The molecule has 1 N–H and O–H groups in total. The lowest BCUT2D eigenvalue weighted by Gasteiger charge is -2.34. The van der Waals surface area contributed by atoms with E-state index in [4.69, 9.17) is 14.7 Å². The quantitative estimate of drug-likeness (QED) is 0.481. The van der Waals surface area contributed by atoms with E-state index in [1.54, 1.807) is 0 Å². The molecule has 0 amide bonds. The van der Waals surface area contributed by atoms with Gasteiger partial charge in [-0.05, 0) is 69.1 Å². The minimum Gasteiger partial charge on any atom is -0.462 e. The summed E-state index contributed by atoms with van der Waals surface area (Å²) in [5, 5.41) is 9.34. The predicted molar refractivity (Wildman–Crippen MR) is 137 cm³/mol. The summed E-state index contributed by atoms with van der Waals surface area (Å²) in [6.07, 6.45) is 8.77. The molecule has 2 bridgehead atoms. The first-order chi connectivity index (χ1) is 17.2. The highest BCUT2D eigenvalue weighted by Gasteiger charge is 2.34. The van der Waals surface area contributed by atoms with Crippen LogP contribution in [0.2, 0.25) is 0 Å². The normalized spacial score (nSPS) is 24.6. The number of hydrogen-bond acceptors (Lipinski definition) is 7. The third kappa shape index (κ3) is 3.81. The summed E-state index contributed by atoms with van der Waals surface area (Å²) in [5.74, 6) is 0.995. The Hall–Kier alpha value is -3.23. The number of piperazine rings is 1. The summed E-state index contributed by atoms with van der Waals surface area (Å²) in [6.45, 7) is 3.71. The lowest BCUT2D eigenvalue weighted by Crippen LogP contribution is -2.51. The predicted octanol–water partition coefficient (Wildman–Crippen LogP) is 3.36. The fraction of sp³-hybridized carbons (Fsp3) is 0.444. The van der Waals surface area contributed by atoms with Crippen molar-refractivity contribution in [1.82, 2.24) is 29.8 Å². The van der Waals surface area contributed by atoms with Crippen LogP contribution < -0.4 is 15.0 Å². The zero-order chi connectivity index (χ0) is 23.4. The zero-order valence-corrected chi connectivity index (χ0v) is 20.1. The minimum atomic E-state index is 0.429. The van der Waals surface area contributed by atoms with Crippen LogP contribution in [0.3, 0.4) is 0 Å². The Morgan fingerprint density at radius 3 is 2.77 bits per heavy atom. The number of nitrogens with one attached hydrogen (secondary N) is 1. The van der Waals surface area contributed by atoms with Gasteiger partial charge in [-0.1, -0.05) is 12.1 Å². The second-order valence-electron chi connectivity index (χ2n) is 10.3. The molecule has 3 fully saturated rings. The maximum atomic E-state index is 6.25. The number of likely N-dealkylation sites (N-methyl/N-ethyl adjacent to an activating group) is 1. The van der Waals surface area contributed by atoms with Gasteiger partial charge >= 0.3 is 6.01 Å². The van der Waals surface area contributed by atoms with Crippen LogP contribution >= 0.6 is 0 Å². The number of aromatic nitrogens is 4. The standard InChI is InChI=1S/C27H31N7O/c1-32-11-4-5-21(32)17-35-27-30-24-13-18(23-14-28-34-12-3-2-6-25(23)34)7-10-22(24)26(31-27)33-15-19-8-9-20(16-33)29-19/h2-3,6-7,10,12-14,19-21,29H,4-5,8-9,11,15-17H2,1H3/t19-,20+,21-/m0/s1. The Morgan fingerprint density at radius 2 is 1.94 bits per heavy atom. The number of fused-ring (bicyclic) bond motifs is 4. The van der Waals surface area contributed by atoms with Crippen molar-refractivity contribution in [3.05, 3.63) is 48.8 Å². The molecule has 4 aromatic rings. The SMILES string of the molecule is CN1CCC[C@H]1COc1nc(N2C[C@H]3CC[C@@H](C2)N3)c2ccc(-c3cnn4ccccc34)cc2n1. The number of benzene rings is 1. The number of pyridine rings is 1. The summed E-state index contributed by atoms with van der Waals surface area (Å²) < 4.78 is 8.16. The molecule has 3 saturated heterocycles. The van der Waals surface area contributed by atoms with Gasteiger partial charge in [-0.3, -0.25) is 0 Å². The van der Waals surface area contributed by atoms with Crippen LogP contribution in [-0.2, 0) is 0 Å². The van der Waals surface area contributed by atoms with Crippen LogP contribution in [-0.4, -0.2) is 75.9 Å². The summed E-state index contributed by atoms with van der Waals surface area (Å²) in [7, 11) is 2.17. The van der Waals surface area contributed by atoms with Gasteiger partial charge in [0.15, 0.2) is 0 Å². The van der Waals surface area contributed by atoms with E-state index in [2.05, 4.69) is 51.5 Å². The smallest absolute Gasteiger partial charge is 0.319 e. The van der Waals surface area contributed by atoms with Gasteiger partial charge in [0.2, 0.25) is 0 Å². The number of nitrogens with zero attached hydrogens (tertiary/aromatic N) is 6. The van der Waals surface area contributed by atoms with E-state index in [0.717, 1.165) is 59.4 Å². The van der Waals surface area contributed by atoms with Crippen LogP contribution in [0.4, 0.5) is 5.82 Å². The molecule has 8 heteroatoms. The van der Waals surface area contributed by atoms with Crippen LogP contribution in [0.1, 0.15) is 25.7 Å². The molecule has 3 aliphatic rings. The Morgan fingerprint density at radius 1 is 1.06 bits per heavy atom. The monoisotopic (exact) mass is 469 g/mol. The van der Waals surface area contributed by atoms with Crippen molar-refractivity contribution in [3.63, 3.8) is 0 Å². The summed E-state index contributed by atoms with van der Waals surface area (Å²) >= 11 is 0. The molecule has 6 heterocycles. The molecular weight excluding hydrogens is 438 g/mol. The van der Waals surface area contributed by atoms with Crippen LogP contribution in [0.25, 0.3) is 27.5 Å². The number of rotatable bonds is 5. The zero-order valence-electron chi connectivity index (χ0n) is 20.1. The fourth-order valence-corrected chi connectivity index (χ4v) is 6.05. The maximum Gasteiger partial charge on any atom is 0.319 e. The number of hydrogen-bond donors (Lipinski definition) is 1. The number of likely N-dealkylation sites (tertiary alicyclic amines) is 1. The molecule has 35 heavy (non-hydrogen) atoms. The lowest BCUT2D eigenvalue weighted by atomic mass is 10.0. The van der Waals surface area contributed by atoms with Crippen molar-refractivity contribution < 1.29 is 4.74 Å². The fourth-order valence-electron chi connectivity index (χ4n) is 6.05. The minimum absolute atomic E-state index is 0.429. The van der Waals surface area contributed by atoms with Gasteiger partial charge in [-0.25, -0.2) is 4.52 Å². The van der Waals surface area contributed by atoms with E-state index in [0.29, 0.717) is 30.7 Å². The molecule has 3 atom stereocenters. The van der Waals surface area contributed by atoms with Gasteiger partial charge in [0.05, 0.1) is 17.2 Å². The second kappa shape index (κ2) is 8.46. The van der Waals surface area contributed by atoms with E-state index < -0.39 is 0 Å². The van der Waals surface area contributed by atoms with Crippen LogP contribution in [0, 0.1) is 0 Å². The van der Waals surface area contributed by atoms with Crippen molar-refractivity contribution in [2.24, 2.45) is 0 Å². The van der Waals surface area contributed by atoms with Crippen LogP contribution in [0.5, 0.6) is 6.01 Å². The Bertz CT molecular complexity index is 1370. The van der Waals surface area contributed by atoms with Crippen molar-refractivity contribution in [3.8, 4) is 17.1 Å². The van der Waals surface area contributed by atoms with E-state index in [9.17, 15) is 0 Å². The first kappa shape index (κ1) is 21.1. The Kier molecular flexibility index (Phi) is 5.10. The average Bonchev–Trinajstić information content (AvgIpc) is 3.59. The molecular formula is C27H31N7O. The number of anilines is 1. The van der Waals surface area contributed by atoms with Crippen molar-refractivity contribution >= 4 is 22.2 Å². The largest absolute Gasteiger partial charge is 0.462 e. The lowest BCUT2D eigenvalue weighted by molar-refractivity contribution is 0.188. The molecule has 3 aliphatic heterocycles. The topological polar surface area (TPSA) is 70.8 Å². The molecule has 0 spiro atoms. The van der Waals surface area contributed by atoms with Crippen LogP contribution in [0.15, 0.2) is 48.8 Å². The summed E-state index contributed by atoms with van der Waals surface area (Å²) in [6, 6.07) is 14.6. The Balaban J connectivity index is 1.29. The van der Waals surface area contributed by atoms with Crippen molar-refractivity contribution in [1.29, 1.82) is 0 Å². The van der Waals surface area contributed by atoms with Crippen molar-refractivity contribution in [2.75, 3.05) is 38.2 Å². The van der Waals surface area contributed by atoms with E-state index in [-0.39, 0.29) is 0 Å². The molecule has 7 rings (SSSR count). The van der Waals surface area contributed by atoms with Gasteiger partial charge in [0, 0.05) is 48.4 Å². The third-order valence-corrected chi connectivity index (χ3v) is 7.99. The van der Waals surface area contributed by atoms with Gasteiger partial charge in [-0.15, -0.1) is 0 Å². The highest BCUT2D eigenvalue weighted by molar-refractivity contribution is 5.94. The highest BCUT2D eigenvalue weighted by Crippen LogP contribution is 2.34. The molecule has 180 valence electrons. The first-order valence-corrected chi connectivity index (χ1v) is 12.8. The van der Waals surface area contributed by atoms with E-state index in [1.807, 2.05) is 29.0 Å². The molecule has 1 aromatic carbocycles. The number of ether oxygens (including phenoxy) is 1. The highest BCUT2D eigenvalue weighted by atomic mass is 16.5. The first-order valence-electron chi connectivity index (χ1n) is 12.8. The molecule has 0 radical (unpaired) electrons. The van der Waals surface area contributed by atoms with Crippen molar-refractivity contribution in [2.45, 2.75) is 43.8 Å². The molecule has 0 aliphatic carbocycles. The van der Waals surface area contributed by atoms with Gasteiger partial charge in [-0.2, -0.15) is 15.1 Å². The Labute approximate surface area is 204 Å². The van der Waals surface area contributed by atoms with Gasteiger partial charge < -0.3 is 19.9 Å². The summed E-state index contributed by atoms with van der Waals surface area (Å²) in [5.41, 5.74) is 4.21. The molecule has 8 nitrogen and oxygen atoms in total. The molecule has 0 saturated carbocycles. The molecule has 0 unspecified atom stereocenters. The maximum absolute atomic E-state index is 6.25.